The molecule has 1 N–H and O–H groups in total. The van der Waals surface area contributed by atoms with Crippen molar-refractivity contribution in [1.82, 2.24) is 4.98 Å². The Labute approximate surface area is 160 Å². The van der Waals surface area contributed by atoms with Gasteiger partial charge in [0, 0.05) is 28.8 Å². The fourth-order valence-corrected chi connectivity index (χ4v) is 4.62. The quantitative estimate of drug-likeness (QED) is 0.592. The Morgan fingerprint density at radius 2 is 2.00 bits per heavy atom. The van der Waals surface area contributed by atoms with Crippen molar-refractivity contribution in [1.29, 1.82) is 0 Å². The van der Waals surface area contributed by atoms with Crippen molar-refractivity contribution in [2.75, 3.05) is 6.26 Å². The molecule has 3 aromatic rings. The van der Waals surface area contributed by atoms with E-state index in [0.717, 1.165) is 24.2 Å². The fraction of sp³-hybridized carbons (Fsp3) is 0.333. The van der Waals surface area contributed by atoms with Gasteiger partial charge in [0.05, 0.1) is 0 Å². The number of hydrogen-bond acceptors (Lipinski definition) is 3. The summed E-state index contributed by atoms with van der Waals surface area (Å²) in [6, 6.07) is 11.6. The standard InChI is InChI=1S/C21H19F2NO2S/c1-27-11-14-3-2-4-15-16(10-24-20(14)15)19(12-5-6-12)13-7-8-17-18(9-13)26-21(22,23)25-17/h2-4,7-10,12,19,24H,5-6,11H2,1H3. The van der Waals surface area contributed by atoms with Crippen LogP contribution < -0.4 is 9.47 Å². The lowest BCUT2D eigenvalue weighted by atomic mass is 9.86. The third kappa shape index (κ3) is 2.96. The van der Waals surface area contributed by atoms with Crippen molar-refractivity contribution in [2.45, 2.75) is 30.8 Å². The molecule has 1 atom stereocenters. The van der Waals surface area contributed by atoms with Crippen LogP contribution in [-0.2, 0) is 5.75 Å². The number of ether oxygens (including phenoxy) is 2. The number of halogens is 2. The van der Waals surface area contributed by atoms with Gasteiger partial charge in [0.1, 0.15) is 0 Å². The molecule has 0 saturated heterocycles. The number of para-hydroxylation sites is 1. The Morgan fingerprint density at radius 3 is 2.78 bits per heavy atom. The van der Waals surface area contributed by atoms with Gasteiger partial charge in [-0.2, -0.15) is 11.8 Å². The van der Waals surface area contributed by atoms with Gasteiger partial charge in [-0.25, -0.2) is 0 Å². The van der Waals surface area contributed by atoms with Gasteiger partial charge < -0.3 is 14.5 Å². The molecule has 0 amide bonds. The minimum absolute atomic E-state index is 0.0967. The molecule has 1 aliphatic carbocycles. The van der Waals surface area contributed by atoms with Crippen molar-refractivity contribution in [3.8, 4) is 11.5 Å². The second-order valence-electron chi connectivity index (χ2n) is 7.21. The molecule has 0 bridgehead atoms. The van der Waals surface area contributed by atoms with E-state index in [4.69, 9.17) is 0 Å². The normalized spacial score (nSPS) is 18.8. The maximum absolute atomic E-state index is 13.4. The van der Waals surface area contributed by atoms with E-state index in [9.17, 15) is 8.78 Å². The number of fused-ring (bicyclic) bond motifs is 2. The lowest BCUT2D eigenvalue weighted by molar-refractivity contribution is -0.286. The Hall–Kier alpha value is -2.21. The molecule has 3 nitrogen and oxygen atoms in total. The minimum atomic E-state index is -3.58. The SMILES string of the molecule is CSCc1cccc2c(C(c3ccc4c(c3)OC(F)(F)O4)C3CC3)c[nH]c12. The van der Waals surface area contributed by atoms with E-state index in [1.807, 2.05) is 6.07 Å². The predicted octanol–water partition coefficient (Wildman–Crippen LogP) is 5.89. The summed E-state index contributed by atoms with van der Waals surface area (Å²) < 4.78 is 36.0. The first-order valence-electron chi connectivity index (χ1n) is 9.03. The molecule has 1 fully saturated rings. The average molecular weight is 387 g/mol. The summed E-state index contributed by atoms with van der Waals surface area (Å²) in [6.45, 7) is 0. The van der Waals surface area contributed by atoms with Crippen LogP contribution >= 0.6 is 11.8 Å². The van der Waals surface area contributed by atoms with Gasteiger partial charge in [0.15, 0.2) is 11.5 Å². The van der Waals surface area contributed by atoms with E-state index in [1.165, 1.54) is 22.0 Å². The van der Waals surface area contributed by atoms with Gasteiger partial charge in [-0.3, -0.25) is 0 Å². The highest BCUT2D eigenvalue weighted by molar-refractivity contribution is 7.97. The van der Waals surface area contributed by atoms with Crippen LogP contribution in [0, 0.1) is 5.92 Å². The lowest BCUT2D eigenvalue weighted by Gasteiger charge is -2.17. The summed E-state index contributed by atoms with van der Waals surface area (Å²) in [4.78, 5) is 3.45. The van der Waals surface area contributed by atoms with Crippen LogP contribution in [-0.4, -0.2) is 17.5 Å². The Balaban J connectivity index is 1.59. The molecule has 1 saturated carbocycles. The number of benzene rings is 2. The van der Waals surface area contributed by atoms with E-state index in [0.29, 0.717) is 5.92 Å². The van der Waals surface area contributed by atoms with Crippen LogP contribution in [0.1, 0.15) is 35.4 Å². The second kappa shape index (κ2) is 6.16. The third-order valence-corrected chi connectivity index (χ3v) is 5.95. The molecular formula is C21H19F2NO2S. The van der Waals surface area contributed by atoms with Gasteiger partial charge in [-0.1, -0.05) is 24.3 Å². The highest BCUT2D eigenvalue weighted by Crippen LogP contribution is 2.51. The van der Waals surface area contributed by atoms with Crippen molar-refractivity contribution >= 4 is 22.7 Å². The molecule has 5 rings (SSSR count). The molecular weight excluding hydrogens is 368 g/mol. The Kier molecular flexibility index (Phi) is 3.86. The number of nitrogens with one attached hydrogen (secondary N) is 1. The molecule has 1 aliphatic heterocycles. The lowest BCUT2D eigenvalue weighted by Crippen LogP contribution is -2.25. The first-order chi connectivity index (χ1) is 13.1. The Bertz CT molecular complexity index is 1010. The summed E-state index contributed by atoms with van der Waals surface area (Å²) in [5.74, 6) is 1.84. The molecule has 1 unspecified atom stereocenters. The van der Waals surface area contributed by atoms with Gasteiger partial charge in [0.25, 0.3) is 0 Å². The number of alkyl halides is 2. The van der Waals surface area contributed by atoms with Crippen molar-refractivity contribution < 1.29 is 18.3 Å². The van der Waals surface area contributed by atoms with E-state index in [-0.39, 0.29) is 17.4 Å². The monoisotopic (exact) mass is 387 g/mol. The van der Waals surface area contributed by atoms with Crippen LogP contribution in [0.5, 0.6) is 11.5 Å². The zero-order valence-corrected chi connectivity index (χ0v) is 15.6. The first kappa shape index (κ1) is 16.9. The van der Waals surface area contributed by atoms with Crippen LogP contribution in [0.3, 0.4) is 0 Å². The van der Waals surface area contributed by atoms with E-state index in [2.05, 4.69) is 45.1 Å². The summed E-state index contributed by atoms with van der Waals surface area (Å²) >= 11 is 1.79. The number of H-pyrrole nitrogens is 1. The summed E-state index contributed by atoms with van der Waals surface area (Å²) in [5, 5.41) is 1.21. The largest absolute Gasteiger partial charge is 0.586 e. The average Bonchev–Trinajstić information content (AvgIpc) is 3.28. The summed E-state index contributed by atoms with van der Waals surface area (Å²) in [5.41, 5.74) is 4.67. The summed E-state index contributed by atoms with van der Waals surface area (Å²) in [7, 11) is 0. The third-order valence-electron chi connectivity index (χ3n) is 5.35. The Morgan fingerprint density at radius 1 is 1.19 bits per heavy atom. The van der Waals surface area contributed by atoms with E-state index < -0.39 is 6.29 Å². The molecule has 140 valence electrons. The molecule has 1 aromatic heterocycles. The molecule has 6 heteroatoms. The molecule has 2 heterocycles. The zero-order valence-electron chi connectivity index (χ0n) is 14.8. The number of aromatic nitrogens is 1. The molecule has 2 aliphatic rings. The van der Waals surface area contributed by atoms with Crippen molar-refractivity contribution in [3.05, 3.63) is 59.3 Å². The zero-order chi connectivity index (χ0) is 18.6. The molecule has 2 aromatic carbocycles. The van der Waals surface area contributed by atoms with Crippen molar-refractivity contribution in [2.24, 2.45) is 5.92 Å². The summed E-state index contributed by atoms with van der Waals surface area (Å²) in [6.07, 6.45) is 2.89. The maximum atomic E-state index is 13.4. The minimum Gasteiger partial charge on any atom is -0.395 e. The van der Waals surface area contributed by atoms with E-state index >= 15 is 0 Å². The number of hydrogen-bond donors (Lipinski definition) is 1. The van der Waals surface area contributed by atoms with Crippen LogP contribution in [0.15, 0.2) is 42.6 Å². The highest BCUT2D eigenvalue weighted by atomic mass is 32.2. The van der Waals surface area contributed by atoms with Crippen molar-refractivity contribution in [3.63, 3.8) is 0 Å². The fourth-order valence-electron chi connectivity index (χ4n) is 4.07. The predicted molar refractivity (Wildman–Crippen MR) is 103 cm³/mol. The number of aromatic amines is 1. The van der Waals surface area contributed by atoms with Crippen LogP contribution in [0.4, 0.5) is 8.78 Å². The van der Waals surface area contributed by atoms with Gasteiger partial charge in [-0.15, -0.1) is 8.78 Å². The van der Waals surface area contributed by atoms with Gasteiger partial charge >= 0.3 is 6.29 Å². The first-order valence-corrected chi connectivity index (χ1v) is 10.4. The van der Waals surface area contributed by atoms with Crippen LogP contribution in [0.2, 0.25) is 0 Å². The van der Waals surface area contributed by atoms with E-state index in [1.54, 1.807) is 23.9 Å². The van der Waals surface area contributed by atoms with Crippen LogP contribution in [0.25, 0.3) is 10.9 Å². The topological polar surface area (TPSA) is 34.2 Å². The highest BCUT2D eigenvalue weighted by Gasteiger charge is 2.44. The smallest absolute Gasteiger partial charge is 0.395 e. The number of thioether (sulfide) groups is 1. The molecule has 27 heavy (non-hydrogen) atoms. The molecule has 0 radical (unpaired) electrons. The maximum Gasteiger partial charge on any atom is 0.586 e. The second-order valence-corrected chi connectivity index (χ2v) is 8.07. The van der Waals surface area contributed by atoms with Gasteiger partial charge in [0.2, 0.25) is 0 Å². The number of rotatable bonds is 5. The molecule has 0 spiro atoms. The van der Waals surface area contributed by atoms with Gasteiger partial charge in [-0.05, 0) is 53.8 Å².